The maximum Gasteiger partial charge on any atom is 0.157 e. The number of rotatable bonds is 4. The lowest BCUT2D eigenvalue weighted by molar-refractivity contribution is 0.241. The van der Waals surface area contributed by atoms with Gasteiger partial charge in [0.2, 0.25) is 0 Å². The summed E-state index contributed by atoms with van der Waals surface area (Å²) in [4.78, 5) is 7.36. The first-order chi connectivity index (χ1) is 9.58. The monoisotopic (exact) mass is 295 g/mol. The molecule has 0 aromatic heterocycles. The van der Waals surface area contributed by atoms with E-state index in [4.69, 9.17) is 4.99 Å². The largest absolute Gasteiger partial charge is 0.359 e. The maximum absolute atomic E-state index is 4.86. The first-order valence-electron chi connectivity index (χ1n) is 8.25. The third kappa shape index (κ3) is 3.33. The predicted molar refractivity (Wildman–Crippen MR) is 88.5 cm³/mol. The molecule has 3 atom stereocenters. The Labute approximate surface area is 128 Å². The highest BCUT2D eigenvalue weighted by Gasteiger charge is 2.40. The number of likely N-dealkylation sites (N-methyl/N-ethyl adjacent to an activating group) is 1. The second-order valence-electron chi connectivity index (χ2n) is 7.29. The van der Waals surface area contributed by atoms with Crippen LogP contribution in [0.1, 0.15) is 52.4 Å². The summed E-state index contributed by atoms with van der Waals surface area (Å²) in [5, 5.41) is 4.97. The van der Waals surface area contributed by atoms with Gasteiger partial charge in [-0.3, -0.25) is 9.89 Å². The summed E-state index contributed by atoms with van der Waals surface area (Å²) in [7, 11) is 2.25. The van der Waals surface area contributed by atoms with Crippen LogP contribution >= 0.6 is 11.8 Å². The average Bonchev–Trinajstić information content (AvgIpc) is 3.20. The predicted octanol–water partition coefficient (Wildman–Crippen LogP) is 3.11. The van der Waals surface area contributed by atoms with E-state index < -0.39 is 0 Å². The fourth-order valence-electron chi connectivity index (χ4n) is 3.68. The molecular weight excluding hydrogens is 266 g/mol. The SMILES string of the molecule is CC1CCCC2(CSC(=NCC(C)N(C)C3CC3)N2)C1. The molecule has 3 rings (SSSR count). The van der Waals surface area contributed by atoms with Gasteiger partial charge in [0.1, 0.15) is 0 Å². The van der Waals surface area contributed by atoms with Crippen LogP contribution in [0.3, 0.4) is 0 Å². The quantitative estimate of drug-likeness (QED) is 0.863. The van der Waals surface area contributed by atoms with Gasteiger partial charge in [-0.05, 0) is 45.6 Å². The van der Waals surface area contributed by atoms with Crippen LogP contribution in [0.5, 0.6) is 0 Å². The van der Waals surface area contributed by atoms with Crippen LogP contribution in [0.25, 0.3) is 0 Å². The van der Waals surface area contributed by atoms with Crippen molar-refractivity contribution in [2.75, 3.05) is 19.3 Å². The molecule has 0 aromatic rings. The fourth-order valence-corrected chi connectivity index (χ4v) is 4.88. The van der Waals surface area contributed by atoms with Gasteiger partial charge in [-0.1, -0.05) is 31.5 Å². The number of aliphatic imine (C=N–C) groups is 1. The van der Waals surface area contributed by atoms with Crippen molar-refractivity contribution in [2.24, 2.45) is 10.9 Å². The molecule has 2 aliphatic carbocycles. The minimum atomic E-state index is 0.368. The molecule has 1 saturated heterocycles. The Bertz CT molecular complexity index is 380. The zero-order chi connectivity index (χ0) is 14.2. The Kier molecular flexibility index (Phi) is 4.32. The molecule has 1 aliphatic heterocycles. The van der Waals surface area contributed by atoms with Crippen LogP contribution in [0.15, 0.2) is 4.99 Å². The lowest BCUT2D eigenvalue weighted by atomic mass is 9.78. The van der Waals surface area contributed by atoms with Gasteiger partial charge in [0, 0.05) is 23.4 Å². The van der Waals surface area contributed by atoms with Crippen molar-refractivity contribution in [3.05, 3.63) is 0 Å². The van der Waals surface area contributed by atoms with Crippen molar-refractivity contribution >= 4 is 16.9 Å². The normalized spacial score (nSPS) is 37.6. The van der Waals surface area contributed by atoms with E-state index in [2.05, 4.69) is 31.1 Å². The summed E-state index contributed by atoms with van der Waals surface area (Å²) in [6, 6.07) is 1.40. The minimum absolute atomic E-state index is 0.368. The smallest absolute Gasteiger partial charge is 0.157 e. The van der Waals surface area contributed by atoms with E-state index in [1.54, 1.807) is 0 Å². The van der Waals surface area contributed by atoms with Crippen LogP contribution in [0.2, 0.25) is 0 Å². The third-order valence-electron chi connectivity index (χ3n) is 5.27. The maximum atomic E-state index is 4.86. The van der Waals surface area contributed by atoms with Gasteiger partial charge in [-0.15, -0.1) is 0 Å². The molecule has 3 fully saturated rings. The fraction of sp³-hybridized carbons (Fsp3) is 0.938. The van der Waals surface area contributed by atoms with Crippen LogP contribution in [-0.4, -0.2) is 47.0 Å². The van der Waals surface area contributed by atoms with Gasteiger partial charge in [0.15, 0.2) is 5.17 Å². The highest BCUT2D eigenvalue weighted by atomic mass is 32.2. The lowest BCUT2D eigenvalue weighted by Gasteiger charge is -2.36. The molecule has 4 heteroatoms. The standard InChI is InChI=1S/C16H29N3S/c1-12-5-4-8-16(9-12)11-20-15(18-16)17-10-13(2)19(3)14-6-7-14/h12-14H,4-11H2,1-3H3,(H,17,18). The molecule has 0 amide bonds. The zero-order valence-corrected chi connectivity index (χ0v) is 14.0. The molecular formula is C16H29N3S. The average molecular weight is 295 g/mol. The minimum Gasteiger partial charge on any atom is -0.359 e. The Hall–Kier alpha value is -0.220. The van der Waals surface area contributed by atoms with E-state index in [1.165, 1.54) is 49.4 Å². The summed E-state index contributed by atoms with van der Waals surface area (Å²) < 4.78 is 0. The summed E-state index contributed by atoms with van der Waals surface area (Å²) in [6.07, 6.45) is 8.21. The number of amidine groups is 1. The van der Waals surface area contributed by atoms with Gasteiger partial charge in [0.25, 0.3) is 0 Å². The van der Waals surface area contributed by atoms with Crippen molar-refractivity contribution in [2.45, 2.75) is 70.0 Å². The Balaban J connectivity index is 1.52. The molecule has 1 N–H and O–H groups in total. The molecule has 0 radical (unpaired) electrons. The molecule has 0 bridgehead atoms. The lowest BCUT2D eigenvalue weighted by Crippen LogP contribution is -2.47. The van der Waals surface area contributed by atoms with Crippen molar-refractivity contribution in [1.82, 2.24) is 10.2 Å². The molecule has 114 valence electrons. The molecule has 3 nitrogen and oxygen atoms in total. The zero-order valence-electron chi connectivity index (χ0n) is 13.2. The third-order valence-corrected chi connectivity index (χ3v) is 6.47. The van der Waals surface area contributed by atoms with Crippen molar-refractivity contribution in [1.29, 1.82) is 0 Å². The summed E-state index contributed by atoms with van der Waals surface area (Å²) in [5.74, 6) is 2.10. The topological polar surface area (TPSA) is 27.6 Å². The molecule has 3 unspecified atom stereocenters. The number of hydrogen-bond acceptors (Lipinski definition) is 3. The van der Waals surface area contributed by atoms with Gasteiger partial charge in [0.05, 0.1) is 6.54 Å². The number of nitrogens with zero attached hydrogens (tertiary/aromatic N) is 2. The Morgan fingerprint density at radius 3 is 2.95 bits per heavy atom. The number of nitrogens with one attached hydrogen (secondary N) is 1. The molecule has 3 aliphatic rings. The van der Waals surface area contributed by atoms with E-state index in [1.807, 2.05) is 11.8 Å². The first-order valence-corrected chi connectivity index (χ1v) is 9.24. The second-order valence-corrected chi connectivity index (χ2v) is 8.25. The van der Waals surface area contributed by atoms with Gasteiger partial charge in [-0.25, -0.2) is 0 Å². The molecule has 2 saturated carbocycles. The Morgan fingerprint density at radius 1 is 1.45 bits per heavy atom. The Morgan fingerprint density at radius 2 is 2.25 bits per heavy atom. The molecule has 1 spiro atoms. The van der Waals surface area contributed by atoms with Crippen LogP contribution in [0, 0.1) is 5.92 Å². The van der Waals surface area contributed by atoms with Crippen molar-refractivity contribution in [3.8, 4) is 0 Å². The molecule has 20 heavy (non-hydrogen) atoms. The molecule has 0 aromatic carbocycles. The second kappa shape index (κ2) is 5.88. The van der Waals surface area contributed by atoms with E-state index in [-0.39, 0.29) is 0 Å². The molecule has 1 heterocycles. The van der Waals surface area contributed by atoms with E-state index in [0.717, 1.165) is 18.5 Å². The van der Waals surface area contributed by atoms with Crippen LogP contribution < -0.4 is 5.32 Å². The van der Waals surface area contributed by atoms with Crippen LogP contribution in [0.4, 0.5) is 0 Å². The van der Waals surface area contributed by atoms with Gasteiger partial charge in [-0.2, -0.15) is 0 Å². The van der Waals surface area contributed by atoms with Gasteiger partial charge < -0.3 is 5.32 Å². The van der Waals surface area contributed by atoms with E-state index in [9.17, 15) is 0 Å². The van der Waals surface area contributed by atoms with Crippen molar-refractivity contribution < 1.29 is 0 Å². The summed E-state index contributed by atoms with van der Waals surface area (Å²) >= 11 is 1.95. The summed E-state index contributed by atoms with van der Waals surface area (Å²) in [5.41, 5.74) is 0.368. The highest BCUT2D eigenvalue weighted by Crippen LogP contribution is 2.38. The first kappa shape index (κ1) is 14.7. The van der Waals surface area contributed by atoms with E-state index in [0.29, 0.717) is 11.6 Å². The van der Waals surface area contributed by atoms with E-state index >= 15 is 0 Å². The van der Waals surface area contributed by atoms with Crippen LogP contribution in [-0.2, 0) is 0 Å². The summed E-state index contributed by atoms with van der Waals surface area (Å²) in [6.45, 7) is 5.64. The van der Waals surface area contributed by atoms with Gasteiger partial charge >= 0.3 is 0 Å². The number of hydrogen-bond donors (Lipinski definition) is 1. The van der Waals surface area contributed by atoms with Crippen molar-refractivity contribution in [3.63, 3.8) is 0 Å². The number of thioether (sulfide) groups is 1. The highest BCUT2D eigenvalue weighted by molar-refractivity contribution is 8.14.